The molecule has 59 valence electrons. The minimum absolute atomic E-state index is 0.0191. The van der Waals surface area contributed by atoms with Crippen LogP contribution in [0.3, 0.4) is 0 Å². The number of benzene rings is 1. The summed E-state index contributed by atoms with van der Waals surface area (Å²) in [5, 5.41) is 2.95. The van der Waals surface area contributed by atoms with Crippen LogP contribution in [0.25, 0.3) is 0 Å². The molecule has 0 fully saturated rings. The molecule has 0 atom stereocenters. The Hall–Kier alpha value is -1.22. The molecule has 1 aliphatic rings. The van der Waals surface area contributed by atoms with Crippen LogP contribution in [-0.2, 0) is 0 Å². The van der Waals surface area contributed by atoms with Crippen molar-refractivity contribution in [3.63, 3.8) is 0 Å². The fourth-order valence-electron chi connectivity index (χ4n) is 1.17. The van der Waals surface area contributed by atoms with E-state index in [1.54, 1.807) is 6.07 Å². The van der Waals surface area contributed by atoms with Crippen LogP contribution in [0.2, 0.25) is 0 Å². The first kappa shape index (κ1) is 7.43. The van der Waals surface area contributed by atoms with Gasteiger partial charge < -0.3 is 5.32 Å². The highest BCUT2D eigenvalue weighted by atomic mass is 32.1. The van der Waals surface area contributed by atoms with Crippen LogP contribution in [-0.4, -0.2) is 10.8 Å². The van der Waals surface area contributed by atoms with Crippen molar-refractivity contribution in [2.24, 2.45) is 0 Å². The molecule has 0 aromatic heterocycles. The second-order valence-corrected chi connectivity index (χ2v) is 2.98. The fraction of sp³-hybridized carbons (Fsp3) is 0. The van der Waals surface area contributed by atoms with Crippen LogP contribution in [0.5, 0.6) is 0 Å². The lowest BCUT2D eigenvalue weighted by atomic mass is 10.0. The van der Waals surface area contributed by atoms with E-state index in [0.717, 1.165) is 5.69 Å². The highest BCUT2D eigenvalue weighted by Crippen LogP contribution is 2.21. The van der Waals surface area contributed by atoms with Gasteiger partial charge in [-0.1, -0.05) is 24.4 Å². The Labute approximate surface area is 75.6 Å². The van der Waals surface area contributed by atoms with Gasteiger partial charge in [-0.25, -0.2) is 0 Å². The summed E-state index contributed by atoms with van der Waals surface area (Å²) < 4.78 is 0. The molecule has 1 radical (unpaired) electrons. The number of carbonyl (C=O) groups is 1. The van der Waals surface area contributed by atoms with E-state index in [1.807, 2.05) is 18.2 Å². The van der Waals surface area contributed by atoms with Crippen LogP contribution in [0.15, 0.2) is 24.3 Å². The fourth-order valence-corrected chi connectivity index (χ4v) is 1.39. The van der Waals surface area contributed by atoms with E-state index >= 15 is 0 Å². The monoisotopic (exact) mass is 176 g/mol. The molecule has 1 N–H and O–H groups in total. The van der Waals surface area contributed by atoms with Crippen LogP contribution in [0.4, 0.5) is 5.69 Å². The van der Waals surface area contributed by atoms with E-state index in [2.05, 4.69) is 5.32 Å². The maximum atomic E-state index is 11.3. The van der Waals surface area contributed by atoms with Crippen molar-refractivity contribution in [1.29, 1.82) is 0 Å². The molecule has 2 rings (SSSR count). The van der Waals surface area contributed by atoms with Gasteiger partial charge in [-0.2, -0.15) is 0 Å². The Morgan fingerprint density at radius 1 is 1.25 bits per heavy atom. The number of anilines is 1. The summed E-state index contributed by atoms with van der Waals surface area (Å²) in [6.07, 6.45) is 1.43. The SMILES string of the molecule is O=C1[CH]C(=S)Nc2ccccc21. The van der Waals surface area contributed by atoms with E-state index < -0.39 is 0 Å². The number of hydrogen-bond donors (Lipinski definition) is 1. The van der Waals surface area contributed by atoms with Gasteiger partial charge in [0.25, 0.3) is 0 Å². The molecule has 1 heterocycles. The molecule has 0 amide bonds. The molecule has 2 nitrogen and oxygen atoms in total. The summed E-state index contributed by atoms with van der Waals surface area (Å²) in [5.41, 5.74) is 1.49. The molecule has 0 aliphatic carbocycles. The molecule has 1 aromatic rings. The highest BCUT2D eigenvalue weighted by Gasteiger charge is 2.19. The summed E-state index contributed by atoms with van der Waals surface area (Å²) in [6, 6.07) is 7.32. The number of hydrogen-bond acceptors (Lipinski definition) is 2. The lowest BCUT2D eigenvalue weighted by molar-refractivity contribution is 0.103. The van der Waals surface area contributed by atoms with Gasteiger partial charge in [0.2, 0.25) is 0 Å². The summed E-state index contributed by atoms with van der Waals surface area (Å²) in [6.45, 7) is 0. The van der Waals surface area contributed by atoms with Crippen LogP contribution < -0.4 is 5.32 Å². The first-order valence-electron chi connectivity index (χ1n) is 3.56. The number of thiocarbonyl (C=S) groups is 1. The van der Waals surface area contributed by atoms with E-state index in [4.69, 9.17) is 12.2 Å². The highest BCUT2D eigenvalue weighted by molar-refractivity contribution is 7.81. The first-order chi connectivity index (χ1) is 5.77. The second-order valence-electron chi connectivity index (χ2n) is 2.54. The third-order valence-corrected chi connectivity index (χ3v) is 1.93. The zero-order valence-corrected chi connectivity index (χ0v) is 7.02. The Balaban J connectivity index is 2.54. The Morgan fingerprint density at radius 3 is 2.83 bits per heavy atom. The molecule has 0 spiro atoms. The Bertz CT molecular complexity index is 359. The second kappa shape index (κ2) is 2.68. The predicted octanol–water partition coefficient (Wildman–Crippen LogP) is 1.83. The molecule has 1 aliphatic heterocycles. The Kier molecular flexibility index (Phi) is 1.66. The number of ketones is 1. The number of fused-ring (bicyclic) bond motifs is 1. The molecular weight excluding hydrogens is 170 g/mol. The number of carbonyl (C=O) groups excluding carboxylic acids is 1. The number of rotatable bonds is 0. The third-order valence-electron chi connectivity index (χ3n) is 1.71. The van der Waals surface area contributed by atoms with Gasteiger partial charge in [-0.05, 0) is 12.1 Å². The van der Waals surface area contributed by atoms with Gasteiger partial charge in [0.1, 0.15) is 0 Å². The van der Waals surface area contributed by atoms with E-state index in [-0.39, 0.29) is 5.78 Å². The maximum Gasteiger partial charge on any atom is 0.175 e. The number of Topliss-reactive ketones (excluding diaryl/α,β-unsaturated/α-hetero) is 1. The third kappa shape index (κ3) is 1.12. The Morgan fingerprint density at radius 2 is 2.00 bits per heavy atom. The standard InChI is InChI=1S/C9H6NOS/c11-8-5-9(12)10-7-4-2-1-3-6(7)8/h1-5H,(H,10,12). The lowest BCUT2D eigenvalue weighted by Crippen LogP contribution is -2.23. The van der Waals surface area contributed by atoms with Crippen molar-refractivity contribution in [2.75, 3.05) is 5.32 Å². The van der Waals surface area contributed by atoms with Gasteiger partial charge in [0, 0.05) is 11.3 Å². The van der Waals surface area contributed by atoms with Crippen molar-refractivity contribution in [1.82, 2.24) is 0 Å². The van der Waals surface area contributed by atoms with Crippen molar-refractivity contribution >= 4 is 28.7 Å². The topological polar surface area (TPSA) is 29.1 Å². The van der Waals surface area contributed by atoms with Crippen molar-refractivity contribution in [3.05, 3.63) is 36.2 Å². The molecule has 3 heteroatoms. The van der Waals surface area contributed by atoms with E-state index in [9.17, 15) is 4.79 Å². The zero-order chi connectivity index (χ0) is 8.55. The molecular formula is C9H6NOS. The van der Waals surface area contributed by atoms with Crippen LogP contribution >= 0.6 is 12.2 Å². The summed E-state index contributed by atoms with van der Waals surface area (Å²) in [7, 11) is 0. The predicted molar refractivity (Wildman–Crippen MR) is 51.3 cm³/mol. The number of nitrogens with one attached hydrogen (secondary N) is 1. The quantitative estimate of drug-likeness (QED) is 0.611. The summed E-state index contributed by atoms with van der Waals surface area (Å²) in [5.74, 6) is -0.0191. The minimum atomic E-state index is -0.0191. The van der Waals surface area contributed by atoms with E-state index in [0.29, 0.717) is 10.6 Å². The van der Waals surface area contributed by atoms with Gasteiger partial charge in [0.15, 0.2) is 5.78 Å². The van der Waals surface area contributed by atoms with Gasteiger partial charge >= 0.3 is 0 Å². The zero-order valence-electron chi connectivity index (χ0n) is 6.20. The molecule has 0 bridgehead atoms. The smallest absolute Gasteiger partial charge is 0.175 e. The van der Waals surface area contributed by atoms with Gasteiger partial charge in [-0.15, -0.1) is 0 Å². The molecule has 0 saturated heterocycles. The normalized spacial score (nSPS) is 15.3. The lowest BCUT2D eigenvalue weighted by Gasteiger charge is -2.16. The maximum absolute atomic E-state index is 11.3. The van der Waals surface area contributed by atoms with Gasteiger partial charge in [-0.3, -0.25) is 4.79 Å². The number of para-hydroxylation sites is 1. The van der Waals surface area contributed by atoms with Crippen LogP contribution in [0.1, 0.15) is 10.4 Å². The molecule has 12 heavy (non-hydrogen) atoms. The van der Waals surface area contributed by atoms with E-state index in [1.165, 1.54) is 6.42 Å². The van der Waals surface area contributed by atoms with Crippen molar-refractivity contribution in [3.8, 4) is 0 Å². The largest absolute Gasteiger partial charge is 0.349 e. The minimum Gasteiger partial charge on any atom is -0.349 e. The molecule has 1 aromatic carbocycles. The summed E-state index contributed by atoms with van der Waals surface area (Å²) in [4.78, 5) is 11.8. The summed E-state index contributed by atoms with van der Waals surface area (Å²) >= 11 is 4.87. The molecule has 0 saturated carbocycles. The average Bonchev–Trinajstić information content (AvgIpc) is 2.04. The van der Waals surface area contributed by atoms with Crippen molar-refractivity contribution in [2.45, 2.75) is 0 Å². The average molecular weight is 176 g/mol. The van der Waals surface area contributed by atoms with Crippen molar-refractivity contribution < 1.29 is 4.79 Å². The molecule has 0 unspecified atom stereocenters. The van der Waals surface area contributed by atoms with Gasteiger partial charge in [0.05, 0.1) is 11.4 Å². The van der Waals surface area contributed by atoms with Crippen LogP contribution in [0, 0.1) is 6.42 Å². The first-order valence-corrected chi connectivity index (χ1v) is 3.97.